The van der Waals surface area contributed by atoms with Crippen molar-refractivity contribution in [1.82, 2.24) is 14.5 Å². The van der Waals surface area contributed by atoms with E-state index in [1.54, 1.807) is 0 Å². The second-order valence-corrected chi connectivity index (χ2v) is 4.70. The van der Waals surface area contributed by atoms with Crippen molar-refractivity contribution < 1.29 is 5.11 Å². The predicted molar refractivity (Wildman–Crippen MR) is 56.4 cm³/mol. The lowest BCUT2D eigenvalue weighted by molar-refractivity contribution is 0.174. The lowest BCUT2D eigenvalue weighted by atomic mass is 10.3. The maximum atomic E-state index is 9.45. The van der Waals surface area contributed by atoms with Crippen LogP contribution in [0.2, 0.25) is 0 Å². The number of hydrogen-bond donors (Lipinski definition) is 1. The van der Waals surface area contributed by atoms with Crippen LogP contribution in [0.5, 0.6) is 0 Å². The number of likely N-dealkylation sites (tertiary alicyclic amines) is 1. The van der Waals surface area contributed by atoms with E-state index in [2.05, 4.69) is 14.5 Å². The molecule has 2 heterocycles. The first-order chi connectivity index (χ1) is 7.33. The predicted octanol–water partition coefficient (Wildman–Crippen LogP) is 0.785. The molecule has 2 aliphatic rings. The molecule has 1 saturated carbocycles. The van der Waals surface area contributed by atoms with Crippen molar-refractivity contribution in [3.05, 3.63) is 18.2 Å². The maximum absolute atomic E-state index is 9.45. The molecule has 0 amide bonds. The number of aliphatic hydroxyl groups is 1. The molecule has 82 valence electrons. The van der Waals surface area contributed by atoms with Gasteiger partial charge in [-0.15, -0.1) is 0 Å². The van der Waals surface area contributed by atoms with Gasteiger partial charge in [-0.2, -0.15) is 0 Å². The Morgan fingerprint density at radius 2 is 2.27 bits per heavy atom. The van der Waals surface area contributed by atoms with Crippen LogP contribution >= 0.6 is 0 Å². The van der Waals surface area contributed by atoms with E-state index in [4.69, 9.17) is 0 Å². The van der Waals surface area contributed by atoms with Gasteiger partial charge in [-0.1, -0.05) is 0 Å². The Kier molecular flexibility index (Phi) is 2.25. The normalized spacial score (nSPS) is 27.4. The molecule has 0 spiro atoms. The Morgan fingerprint density at radius 3 is 2.93 bits per heavy atom. The second kappa shape index (κ2) is 3.61. The molecule has 3 rings (SSSR count). The lowest BCUT2D eigenvalue weighted by Crippen LogP contribution is -2.22. The number of hydrogen-bond acceptors (Lipinski definition) is 3. The van der Waals surface area contributed by atoms with Crippen molar-refractivity contribution in [2.45, 2.75) is 38.0 Å². The maximum Gasteiger partial charge on any atom is 0.0951 e. The minimum absolute atomic E-state index is 0.123. The molecule has 1 aliphatic heterocycles. The van der Waals surface area contributed by atoms with Gasteiger partial charge in [0.2, 0.25) is 0 Å². The zero-order chi connectivity index (χ0) is 10.3. The van der Waals surface area contributed by atoms with Crippen molar-refractivity contribution in [3.63, 3.8) is 0 Å². The van der Waals surface area contributed by atoms with E-state index in [0.29, 0.717) is 6.04 Å². The molecular weight excluding hydrogens is 190 g/mol. The number of aromatic nitrogens is 2. The fourth-order valence-electron chi connectivity index (χ4n) is 2.32. The van der Waals surface area contributed by atoms with Gasteiger partial charge in [0, 0.05) is 31.9 Å². The Labute approximate surface area is 89.5 Å². The molecule has 4 heteroatoms. The SMILES string of the molecule is O[C@H]1CCN(Cc2cncn2C2CC2)C1. The van der Waals surface area contributed by atoms with Crippen LogP contribution in [0.3, 0.4) is 0 Å². The zero-order valence-electron chi connectivity index (χ0n) is 8.84. The molecular formula is C11H17N3O. The number of β-amino-alcohol motifs (C(OH)–C–C–N with tert-alkyl or cyclic N) is 1. The van der Waals surface area contributed by atoms with E-state index >= 15 is 0 Å². The van der Waals surface area contributed by atoms with E-state index in [1.165, 1.54) is 18.5 Å². The van der Waals surface area contributed by atoms with Crippen molar-refractivity contribution >= 4 is 0 Å². The largest absolute Gasteiger partial charge is 0.392 e. The topological polar surface area (TPSA) is 41.3 Å². The Balaban J connectivity index is 1.68. The number of aliphatic hydroxyl groups excluding tert-OH is 1. The van der Waals surface area contributed by atoms with Crippen LogP contribution in [0, 0.1) is 0 Å². The Bertz CT molecular complexity index is 345. The van der Waals surface area contributed by atoms with E-state index in [1.807, 2.05) is 12.5 Å². The molecule has 1 atom stereocenters. The van der Waals surface area contributed by atoms with Gasteiger partial charge >= 0.3 is 0 Å². The van der Waals surface area contributed by atoms with Crippen molar-refractivity contribution in [1.29, 1.82) is 0 Å². The average Bonchev–Trinajstić information content (AvgIpc) is 2.83. The molecule has 2 fully saturated rings. The summed E-state index contributed by atoms with van der Waals surface area (Å²) in [6.45, 7) is 2.76. The fourth-order valence-corrected chi connectivity index (χ4v) is 2.32. The molecule has 0 radical (unpaired) electrons. The summed E-state index contributed by atoms with van der Waals surface area (Å²) in [7, 11) is 0. The third-order valence-electron chi connectivity index (χ3n) is 3.32. The van der Waals surface area contributed by atoms with Crippen LogP contribution in [-0.4, -0.2) is 38.8 Å². The summed E-state index contributed by atoms with van der Waals surface area (Å²) in [4.78, 5) is 6.52. The molecule has 0 bridgehead atoms. The van der Waals surface area contributed by atoms with Crippen molar-refractivity contribution in [2.75, 3.05) is 13.1 Å². The van der Waals surface area contributed by atoms with Crippen LogP contribution in [0.15, 0.2) is 12.5 Å². The fraction of sp³-hybridized carbons (Fsp3) is 0.727. The van der Waals surface area contributed by atoms with Crippen LogP contribution in [0.4, 0.5) is 0 Å². The molecule has 1 saturated heterocycles. The highest BCUT2D eigenvalue weighted by molar-refractivity contribution is 5.04. The lowest BCUT2D eigenvalue weighted by Gasteiger charge is -2.15. The molecule has 1 aliphatic carbocycles. The third-order valence-corrected chi connectivity index (χ3v) is 3.32. The van der Waals surface area contributed by atoms with Gasteiger partial charge in [0.05, 0.1) is 18.1 Å². The van der Waals surface area contributed by atoms with Crippen LogP contribution in [0.25, 0.3) is 0 Å². The highest BCUT2D eigenvalue weighted by Gasteiger charge is 2.27. The minimum atomic E-state index is -0.123. The van der Waals surface area contributed by atoms with E-state index in [-0.39, 0.29) is 6.10 Å². The van der Waals surface area contributed by atoms with E-state index < -0.39 is 0 Å². The summed E-state index contributed by atoms with van der Waals surface area (Å²) >= 11 is 0. The highest BCUT2D eigenvalue weighted by Crippen LogP contribution is 2.35. The first-order valence-corrected chi connectivity index (χ1v) is 5.74. The number of rotatable bonds is 3. The van der Waals surface area contributed by atoms with Crippen LogP contribution in [-0.2, 0) is 6.54 Å². The first-order valence-electron chi connectivity index (χ1n) is 5.74. The van der Waals surface area contributed by atoms with Gasteiger partial charge in [0.15, 0.2) is 0 Å². The quantitative estimate of drug-likeness (QED) is 0.796. The molecule has 1 N–H and O–H groups in total. The smallest absolute Gasteiger partial charge is 0.0951 e. The summed E-state index contributed by atoms with van der Waals surface area (Å²) in [5, 5.41) is 9.45. The van der Waals surface area contributed by atoms with E-state index in [0.717, 1.165) is 26.1 Å². The summed E-state index contributed by atoms with van der Waals surface area (Å²) in [6.07, 6.45) is 7.29. The molecule has 1 aromatic heterocycles. The van der Waals surface area contributed by atoms with Crippen LogP contribution < -0.4 is 0 Å². The van der Waals surface area contributed by atoms with Crippen molar-refractivity contribution in [3.8, 4) is 0 Å². The third kappa shape index (κ3) is 1.92. The molecule has 1 aromatic rings. The van der Waals surface area contributed by atoms with Gasteiger partial charge in [-0.3, -0.25) is 4.90 Å². The summed E-state index contributed by atoms with van der Waals surface area (Å²) < 4.78 is 2.30. The highest BCUT2D eigenvalue weighted by atomic mass is 16.3. The number of nitrogens with zero attached hydrogens (tertiary/aromatic N) is 3. The van der Waals surface area contributed by atoms with Gasteiger partial charge in [-0.25, -0.2) is 4.98 Å². The van der Waals surface area contributed by atoms with Crippen molar-refractivity contribution in [2.24, 2.45) is 0 Å². The first kappa shape index (κ1) is 9.36. The standard InChI is InChI=1S/C11H17N3O/c15-11-3-4-13(7-11)6-10-5-12-8-14(10)9-1-2-9/h5,8-9,11,15H,1-4,6-7H2/t11-/m0/s1. The zero-order valence-corrected chi connectivity index (χ0v) is 8.84. The molecule has 4 nitrogen and oxygen atoms in total. The summed E-state index contributed by atoms with van der Waals surface area (Å²) in [5.41, 5.74) is 1.30. The summed E-state index contributed by atoms with van der Waals surface area (Å²) in [5.74, 6) is 0. The van der Waals surface area contributed by atoms with Gasteiger partial charge in [0.25, 0.3) is 0 Å². The van der Waals surface area contributed by atoms with Gasteiger partial charge < -0.3 is 9.67 Å². The Morgan fingerprint density at radius 1 is 1.40 bits per heavy atom. The molecule has 0 aromatic carbocycles. The van der Waals surface area contributed by atoms with Crippen LogP contribution in [0.1, 0.15) is 31.0 Å². The van der Waals surface area contributed by atoms with E-state index in [9.17, 15) is 5.11 Å². The monoisotopic (exact) mass is 207 g/mol. The summed E-state index contributed by atoms with van der Waals surface area (Å²) in [6, 6.07) is 0.704. The molecule has 0 unspecified atom stereocenters. The Hall–Kier alpha value is -0.870. The number of imidazole rings is 1. The average molecular weight is 207 g/mol. The second-order valence-electron chi connectivity index (χ2n) is 4.70. The molecule has 15 heavy (non-hydrogen) atoms. The van der Waals surface area contributed by atoms with Gasteiger partial charge in [-0.05, 0) is 19.3 Å². The minimum Gasteiger partial charge on any atom is -0.392 e. The van der Waals surface area contributed by atoms with Gasteiger partial charge in [0.1, 0.15) is 0 Å².